The molecule has 1 saturated carbocycles. The highest BCUT2D eigenvalue weighted by atomic mass is 19.1. The molecular formula is C27H28F2N6O3. The van der Waals surface area contributed by atoms with Gasteiger partial charge in [0, 0.05) is 42.2 Å². The van der Waals surface area contributed by atoms with Crippen LogP contribution in [0.3, 0.4) is 0 Å². The molecule has 0 saturated heterocycles. The lowest BCUT2D eigenvalue weighted by Crippen LogP contribution is -2.25. The molecule has 1 aliphatic carbocycles. The minimum atomic E-state index is -0.787. The molecule has 0 spiro atoms. The van der Waals surface area contributed by atoms with E-state index in [4.69, 9.17) is 15.2 Å². The Morgan fingerprint density at radius 1 is 1.16 bits per heavy atom. The summed E-state index contributed by atoms with van der Waals surface area (Å²) in [5, 5.41) is 6.77. The first-order valence-electron chi connectivity index (χ1n) is 12.5. The van der Waals surface area contributed by atoms with E-state index in [1.165, 1.54) is 4.52 Å². The molecule has 38 heavy (non-hydrogen) atoms. The molecule has 0 radical (unpaired) electrons. The first-order valence-corrected chi connectivity index (χ1v) is 12.5. The normalized spacial score (nSPS) is 13.7. The van der Waals surface area contributed by atoms with Crippen LogP contribution in [0.2, 0.25) is 0 Å². The highest BCUT2D eigenvalue weighted by molar-refractivity contribution is 5.97. The largest absolute Gasteiger partial charge is 0.493 e. The Morgan fingerprint density at radius 2 is 1.97 bits per heavy atom. The number of nitrogen functional groups attached to an aromatic ring is 1. The molecule has 1 amide bonds. The fourth-order valence-electron chi connectivity index (χ4n) is 4.63. The van der Waals surface area contributed by atoms with Crippen molar-refractivity contribution < 1.29 is 23.0 Å². The van der Waals surface area contributed by atoms with E-state index in [0.717, 1.165) is 43.4 Å². The van der Waals surface area contributed by atoms with E-state index in [9.17, 15) is 13.6 Å². The van der Waals surface area contributed by atoms with Crippen molar-refractivity contribution in [2.24, 2.45) is 5.92 Å². The van der Waals surface area contributed by atoms with Crippen LogP contribution in [0.25, 0.3) is 16.8 Å². The van der Waals surface area contributed by atoms with Crippen LogP contribution >= 0.6 is 0 Å². The molecule has 3 heterocycles. The number of aromatic nitrogens is 4. The number of benzene rings is 1. The minimum Gasteiger partial charge on any atom is -0.493 e. The van der Waals surface area contributed by atoms with Gasteiger partial charge in [-0.05, 0) is 49.4 Å². The summed E-state index contributed by atoms with van der Waals surface area (Å²) in [6.07, 6.45) is 7.61. The number of hydrogen-bond acceptors (Lipinski definition) is 7. The average Bonchev–Trinajstić information content (AvgIpc) is 3.55. The van der Waals surface area contributed by atoms with Crippen molar-refractivity contribution in [2.45, 2.75) is 39.2 Å². The predicted octanol–water partition coefficient (Wildman–Crippen LogP) is 4.55. The molecule has 3 N–H and O–H groups in total. The summed E-state index contributed by atoms with van der Waals surface area (Å²) in [6.45, 7) is 2.25. The van der Waals surface area contributed by atoms with E-state index in [-0.39, 0.29) is 35.2 Å². The molecule has 0 aliphatic heterocycles. The number of pyridine rings is 2. The van der Waals surface area contributed by atoms with Crippen molar-refractivity contribution >= 4 is 17.5 Å². The maximum absolute atomic E-state index is 14.7. The lowest BCUT2D eigenvalue weighted by molar-refractivity contribution is 0.0945. The Labute approximate surface area is 218 Å². The van der Waals surface area contributed by atoms with Crippen molar-refractivity contribution in [2.75, 3.05) is 18.9 Å². The third-order valence-electron chi connectivity index (χ3n) is 6.56. The number of ether oxygens (including phenoxy) is 2. The van der Waals surface area contributed by atoms with Crippen LogP contribution in [-0.2, 0) is 6.54 Å². The fourth-order valence-corrected chi connectivity index (χ4v) is 4.63. The summed E-state index contributed by atoms with van der Waals surface area (Å²) in [6, 6.07) is 7.13. The SMILES string of the molecule is CCOc1ncc(-c2ccn3nc(N)nc3c2)cc1C(=O)NCc1c(F)cc(F)cc1OCC1CCCC1. The summed E-state index contributed by atoms with van der Waals surface area (Å²) >= 11 is 0. The minimum absolute atomic E-state index is 0.0784. The highest BCUT2D eigenvalue weighted by Gasteiger charge is 2.21. The summed E-state index contributed by atoms with van der Waals surface area (Å²) in [5.41, 5.74) is 7.83. The van der Waals surface area contributed by atoms with Crippen LogP contribution in [0.15, 0.2) is 42.7 Å². The quantitative estimate of drug-likeness (QED) is 0.331. The molecule has 9 nitrogen and oxygen atoms in total. The van der Waals surface area contributed by atoms with Gasteiger partial charge in [-0.2, -0.15) is 4.98 Å². The Morgan fingerprint density at radius 3 is 2.76 bits per heavy atom. The Hall–Kier alpha value is -4.28. The second-order valence-corrected chi connectivity index (χ2v) is 9.21. The van der Waals surface area contributed by atoms with Gasteiger partial charge in [0.15, 0.2) is 5.65 Å². The molecule has 3 aromatic heterocycles. The van der Waals surface area contributed by atoms with Crippen LogP contribution in [-0.4, -0.2) is 38.7 Å². The van der Waals surface area contributed by atoms with Gasteiger partial charge in [0.25, 0.3) is 5.91 Å². The van der Waals surface area contributed by atoms with Gasteiger partial charge < -0.3 is 20.5 Å². The molecule has 0 bridgehead atoms. The number of nitrogens with two attached hydrogens (primary N) is 1. The number of rotatable bonds is 9. The lowest BCUT2D eigenvalue weighted by Gasteiger charge is -2.16. The zero-order valence-corrected chi connectivity index (χ0v) is 20.9. The topological polar surface area (TPSA) is 117 Å². The van der Waals surface area contributed by atoms with Crippen molar-refractivity contribution in [3.63, 3.8) is 0 Å². The summed E-state index contributed by atoms with van der Waals surface area (Å²) < 4.78 is 41.6. The number of halogens is 2. The van der Waals surface area contributed by atoms with Gasteiger partial charge in [0.05, 0.1) is 13.2 Å². The maximum Gasteiger partial charge on any atom is 0.257 e. The van der Waals surface area contributed by atoms with Gasteiger partial charge in [0.1, 0.15) is 22.9 Å². The molecular weight excluding hydrogens is 494 g/mol. The maximum atomic E-state index is 14.7. The van der Waals surface area contributed by atoms with Gasteiger partial charge >= 0.3 is 0 Å². The van der Waals surface area contributed by atoms with Crippen LogP contribution in [0, 0.1) is 17.6 Å². The van der Waals surface area contributed by atoms with E-state index in [1.807, 2.05) is 0 Å². The number of carbonyl (C=O) groups excluding carboxylic acids is 1. The van der Waals surface area contributed by atoms with E-state index < -0.39 is 17.5 Å². The molecule has 5 rings (SSSR count). The molecule has 4 aromatic rings. The number of fused-ring (bicyclic) bond motifs is 1. The van der Waals surface area contributed by atoms with Crippen LogP contribution in [0.1, 0.15) is 48.5 Å². The fraction of sp³-hybridized carbons (Fsp3) is 0.333. The van der Waals surface area contributed by atoms with Crippen molar-refractivity contribution in [3.8, 4) is 22.8 Å². The predicted molar refractivity (Wildman–Crippen MR) is 137 cm³/mol. The Bertz CT molecular complexity index is 1470. The van der Waals surface area contributed by atoms with Crippen LogP contribution in [0.5, 0.6) is 11.6 Å². The molecule has 1 fully saturated rings. The van der Waals surface area contributed by atoms with Crippen molar-refractivity contribution in [3.05, 3.63) is 65.5 Å². The number of nitrogens with one attached hydrogen (secondary N) is 1. The average molecular weight is 523 g/mol. The number of nitrogens with zero attached hydrogens (tertiary/aromatic N) is 4. The number of amides is 1. The molecule has 11 heteroatoms. The molecule has 0 unspecified atom stereocenters. The van der Waals surface area contributed by atoms with Crippen LogP contribution in [0.4, 0.5) is 14.7 Å². The number of hydrogen-bond donors (Lipinski definition) is 2. The van der Waals surface area contributed by atoms with Gasteiger partial charge in [-0.1, -0.05) is 12.8 Å². The van der Waals surface area contributed by atoms with E-state index in [2.05, 4.69) is 20.4 Å². The summed E-state index contributed by atoms with van der Waals surface area (Å²) in [4.78, 5) is 21.7. The number of carbonyl (C=O) groups is 1. The van der Waals surface area contributed by atoms with E-state index >= 15 is 0 Å². The summed E-state index contributed by atoms with van der Waals surface area (Å²) in [5.74, 6) is -1.32. The Kier molecular flexibility index (Phi) is 7.34. The van der Waals surface area contributed by atoms with Gasteiger partial charge in [-0.25, -0.2) is 18.3 Å². The van der Waals surface area contributed by atoms with Gasteiger partial charge in [-0.15, -0.1) is 5.10 Å². The molecule has 0 atom stereocenters. The first kappa shape index (κ1) is 25.4. The zero-order valence-electron chi connectivity index (χ0n) is 20.9. The van der Waals surface area contributed by atoms with E-state index in [0.29, 0.717) is 30.3 Å². The monoisotopic (exact) mass is 522 g/mol. The standard InChI is InChI=1S/C27H28F2N6O3/c1-2-37-26-20(9-18(13-32-26)17-7-8-35-24(10-17)33-27(30)34-35)25(36)31-14-21-22(29)11-19(28)12-23(21)38-15-16-5-3-4-6-16/h7-13,16H,2-6,14-15H2,1H3,(H2,30,34)(H,31,36). The van der Waals surface area contributed by atoms with E-state index in [1.54, 1.807) is 37.5 Å². The molecule has 198 valence electrons. The first-order chi connectivity index (χ1) is 18.4. The third kappa shape index (κ3) is 5.51. The Balaban J connectivity index is 1.38. The second kappa shape index (κ2) is 11.0. The van der Waals surface area contributed by atoms with Gasteiger partial charge in [0.2, 0.25) is 11.8 Å². The smallest absolute Gasteiger partial charge is 0.257 e. The second-order valence-electron chi connectivity index (χ2n) is 9.21. The zero-order chi connectivity index (χ0) is 26.6. The highest BCUT2D eigenvalue weighted by Crippen LogP contribution is 2.29. The van der Waals surface area contributed by atoms with Crippen molar-refractivity contribution in [1.29, 1.82) is 0 Å². The lowest BCUT2D eigenvalue weighted by atomic mass is 10.1. The van der Waals surface area contributed by atoms with Crippen LogP contribution < -0.4 is 20.5 Å². The van der Waals surface area contributed by atoms with Crippen molar-refractivity contribution in [1.82, 2.24) is 24.9 Å². The third-order valence-corrected chi connectivity index (χ3v) is 6.56. The molecule has 1 aromatic carbocycles. The molecule has 1 aliphatic rings. The van der Waals surface area contributed by atoms with Gasteiger partial charge in [-0.3, -0.25) is 4.79 Å². The summed E-state index contributed by atoms with van der Waals surface area (Å²) in [7, 11) is 0. The number of anilines is 1.